The van der Waals surface area contributed by atoms with Gasteiger partial charge in [0.2, 0.25) is 0 Å². The maximum Gasteiger partial charge on any atom is 0.151 e. The monoisotopic (exact) mass is 233 g/mol. The smallest absolute Gasteiger partial charge is 0.151 e. The molecule has 90 valence electrons. The second-order valence-corrected chi connectivity index (χ2v) is 6.71. The molecule has 15 heavy (non-hydrogen) atoms. The van der Waals surface area contributed by atoms with Crippen LogP contribution in [0.5, 0.6) is 0 Å². The number of sulfone groups is 1. The predicted molar refractivity (Wildman–Crippen MR) is 63.9 cm³/mol. The highest BCUT2D eigenvalue weighted by molar-refractivity contribution is 7.91. The minimum atomic E-state index is -2.77. The third kappa shape index (κ3) is 5.52. The minimum absolute atomic E-state index is 0.358. The number of hydrogen-bond donors (Lipinski definition) is 0. The lowest BCUT2D eigenvalue weighted by molar-refractivity contribution is 0.280. The second kappa shape index (κ2) is 6.48. The van der Waals surface area contributed by atoms with Gasteiger partial charge in [0, 0.05) is 6.54 Å². The van der Waals surface area contributed by atoms with Crippen LogP contribution in [0.15, 0.2) is 0 Å². The van der Waals surface area contributed by atoms with E-state index >= 15 is 0 Å². The van der Waals surface area contributed by atoms with Gasteiger partial charge in [0.15, 0.2) is 9.84 Å². The molecule has 0 saturated carbocycles. The van der Waals surface area contributed by atoms with Gasteiger partial charge in [-0.25, -0.2) is 8.42 Å². The molecule has 0 atom stereocenters. The molecule has 0 amide bonds. The fourth-order valence-corrected chi connectivity index (χ4v) is 3.31. The summed E-state index contributed by atoms with van der Waals surface area (Å²) in [6.45, 7) is 5.05. The van der Waals surface area contributed by atoms with Gasteiger partial charge in [-0.05, 0) is 32.4 Å². The van der Waals surface area contributed by atoms with Crippen molar-refractivity contribution in [3.8, 4) is 0 Å². The molecule has 0 spiro atoms. The van der Waals surface area contributed by atoms with Gasteiger partial charge in [0.25, 0.3) is 0 Å². The van der Waals surface area contributed by atoms with E-state index in [9.17, 15) is 8.42 Å². The van der Waals surface area contributed by atoms with Gasteiger partial charge < -0.3 is 4.90 Å². The summed E-state index contributed by atoms with van der Waals surface area (Å²) in [5.74, 6) is 0.755. The van der Waals surface area contributed by atoms with Crippen molar-refractivity contribution >= 4 is 9.84 Å². The van der Waals surface area contributed by atoms with Crippen LogP contribution in [-0.2, 0) is 9.84 Å². The third-order valence-corrected chi connectivity index (χ3v) is 4.69. The van der Waals surface area contributed by atoms with E-state index < -0.39 is 9.84 Å². The van der Waals surface area contributed by atoms with Gasteiger partial charge >= 0.3 is 0 Å². The molecule has 1 fully saturated rings. The Morgan fingerprint density at radius 3 is 2.60 bits per heavy atom. The second-order valence-electron chi connectivity index (χ2n) is 4.41. The van der Waals surface area contributed by atoms with Gasteiger partial charge in [-0.2, -0.15) is 0 Å². The van der Waals surface area contributed by atoms with Crippen LogP contribution in [0.1, 0.15) is 39.0 Å². The molecule has 0 aromatic rings. The molecular weight excluding hydrogens is 210 g/mol. The molecule has 4 heteroatoms. The molecule has 0 aromatic carbocycles. The predicted octanol–water partition coefficient (Wildman–Crippen LogP) is 1.69. The normalized spacial score (nSPS) is 24.1. The highest BCUT2D eigenvalue weighted by Gasteiger charge is 2.15. The number of unbranched alkanes of at least 4 members (excludes halogenated alkanes) is 1. The molecule has 1 aliphatic heterocycles. The van der Waals surface area contributed by atoms with E-state index in [0.29, 0.717) is 11.5 Å². The zero-order valence-corrected chi connectivity index (χ0v) is 10.6. The average molecular weight is 233 g/mol. The van der Waals surface area contributed by atoms with Gasteiger partial charge in [-0.3, -0.25) is 0 Å². The summed E-state index contributed by atoms with van der Waals surface area (Å²) in [6, 6.07) is 0. The highest BCUT2D eigenvalue weighted by atomic mass is 32.2. The number of hydrogen-bond acceptors (Lipinski definition) is 3. The summed E-state index contributed by atoms with van der Waals surface area (Å²) in [5, 5.41) is 0. The van der Waals surface area contributed by atoms with Crippen LogP contribution in [0.3, 0.4) is 0 Å². The van der Waals surface area contributed by atoms with Crippen molar-refractivity contribution in [2.24, 2.45) is 0 Å². The van der Waals surface area contributed by atoms with Crippen LogP contribution < -0.4 is 0 Å². The van der Waals surface area contributed by atoms with Crippen molar-refractivity contribution in [1.29, 1.82) is 0 Å². The van der Waals surface area contributed by atoms with Crippen molar-refractivity contribution in [2.75, 3.05) is 31.1 Å². The molecule has 0 radical (unpaired) electrons. The Kier molecular flexibility index (Phi) is 5.61. The van der Waals surface area contributed by atoms with E-state index in [1.807, 2.05) is 0 Å². The van der Waals surface area contributed by atoms with E-state index in [4.69, 9.17) is 0 Å². The van der Waals surface area contributed by atoms with Crippen LogP contribution in [0.2, 0.25) is 0 Å². The molecule has 0 bridgehead atoms. The van der Waals surface area contributed by atoms with Gasteiger partial charge in [0.1, 0.15) is 0 Å². The van der Waals surface area contributed by atoms with E-state index in [1.54, 1.807) is 0 Å². The lowest BCUT2D eigenvalue weighted by Crippen LogP contribution is -2.31. The van der Waals surface area contributed by atoms with E-state index in [-0.39, 0.29) is 0 Å². The summed E-state index contributed by atoms with van der Waals surface area (Å²) < 4.78 is 23.1. The van der Waals surface area contributed by atoms with Crippen LogP contribution in [0, 0.1) is 0 Å². The van der Waals surface area contributed by atoms with E-state index in [0.717, 1.165) is 38.9 Å². The van der Waals surface area contributed by atoms with Gasteiger partial charge in [0.05, 0.1) is 11.5 Å². The summed E-state index contributed by atoms with van der Waals surface area (Å²) in [4.78, 5) is 2.31. The van der Waals surface area contributed by atoms with Crippen LogP contribution in [0.4, 0.5) is 0 Å². The van der Waals surface area contributed by atoms with Gasteiger partial charge in [-0.15, -0.1) is 0 Å². The number of rotatable bonds is 3. The first-order valence-electron chi connectivity index (χ1n) is 6.07. The SMILES string of the molecule is CCCCN1CCCCCS(=O)(=O)CC1. The zero-order chi connectivity index (χ0) is 11.1. The molecule has 0 aromatic heterocycles. The molecule has 0 unspecified atom stereocenters. The van der Waals surface area contributed by atoms with Crippen molar-refractivity contribution in [1.82, 2.24) is 4.90 Å². The Bertz CT molecular complexity index is 262. The Labute approximate surface area is 93.8 Å². The maximum absolute atomic E-state index is 11.6. The van der Waals surface area contributed by atoms with E-state index in [1.165, 1.54) is 12.8 Å². The largest absolute Gasteiger partial charge is 0.302 e. The van der Waals surface area contributed by atoms with Crippen molar-refractivity contribution < 1.29 is 8.42 Å². The standard InChI is InChI=1S/C11H23NO2S/c1-2-3-7-12-8-5-4-6-10-15(13,14)11-9-12/h2-11H2,1H3. The van der Waals surface area contributed by atoms with Crippen LogP contribution in [0.25, 0.3) is 0 Å². The Morgan fingerprint density at radius 2 is 1.87 bits per heavy atom. The van der Waals surface area contributed by atoms with Crippen molar-refractivity contribution in [2.45, 2.75) is 39.0 Å². The summed E-state index contributed by atoms with van der Waals surface area (Å²) in [6.07, 6.45) is 5.42. The molecule has 1 saturated heterocycles. The first kappa shape index (κ1) is 13.0. The molecule has 1 heterocycles. The molecule has 1 rings (SSSR count). The van der Waals surface area contributed by atoms with Crippen molar-refractivity contribution in [3.05, 3.63) is 0 Å². The third-order valence-electron chi connectivity index (χ3n) is 2.98. The first-order chi connectivity index (χ1) is 7.14. The summed E-state index contributed by atoms with van der Waals surface area (Å²) in [7, 11) is -2.77. The first-order valence-corrected chi connectivity index (χ1v) is 7.89. The van der Waals surface area contributed by atoms with Gasteiger partial charge in [-0.1, -0.05) is 19.8 Å². The lowest BCUT2D eigenvalue weighted by atomic mass is 10.2. The molecule has 3 nitrogen and oxygen atoms in total. The zero-order valence-electron chi connectivity index (χ0n) is 9.74. The highest BCUT2D eigenvalue weighted by Crippen LogP contribution is 2.08. The van der Waals surface area contributed by atoms with Crippen LogP contribution in [-0.4, -0.2) is 44.5 Å². The van der Waals surface area contributed by atoms with Crippen LogP contribution >= 0.6 is 0 Å². The molecule has 0 aliphatic carbocycles. The quantitative estimate of drug-likeness (QED) is 0.744. The fourth-order valence-electron chi connectivity index (χ4n) is 1.92. The topological polar surface area (TPSA) is 37.4 Å². The maximum atomic E-state index is 11.6. The summed E-state index contributed by atoms with van der Waals surface area (Å²) >= 11 is 0. The Balaban J connectivity index is 2.44. The molecular formula is C11H23NO2S. The molecule has 1 aliphatic rings. The number of nitrogens with zero attached hydrogens (tertiary/aromatic N) is 1. The molecule has 0 N–H and O–H groups in total. The minimum Gasteiger partial charge on any atom is -0.302 e. The Hall–Kier alpha value is -0.0900. The van der Waals surface area contributed by atoms with Crippen molar-refractivity contribution in [3.63, 3.8) is 0 Å². The van der Waals surface area contributed by atoms with E-state index in [2.05, 4.69) is 11.8 Å². The average Bonchev–Trinajstić information content (AvgIpc) is 2.27. The Morgan fingerprint density at radius 1 is 1.07 bits per heavy atom. The lowest BCUT2D eigenvalue weighted by Gasteiger charge is -2.20. The fraction of sp³-hybridized carbons (Fsp3) is 1.00. The summed E-state index contributed by atoms with van der Waals surface area (Å²) in [5.41, 5.74) is 0.